The van der Waals surface area contributed by atoms with E-state index in [1.165, 1.54) is 0 Å². The maximum Gasteiger partial charge on any atom is 0.188 e. The summed E-state index contributed by atoms with van der Waals surface area (Å²) in [6, 6.07) is 0. The SMILES string of the molecule is CCCCO[C@@H]1[C@@H](OCCCC)[C@H](COCOC)O[C@H](CCC(C)(C)[Si](C)(C)O)[C@H]1OCCCC. The van der Waals surface area contributed by atoms with Crippen LogP contribution < -0.4 is 0 Å². The summed E-state index contributed by atoms with van der Waals surface area (Å²) in [7, 11) is -0.716. The molecule has 1 N–H and O–H groups in total. The second kappa shape index (κ2) is 17.4. The lowest BCUT2D eigenvalue weighted by Crippen LogP contribution is -2.61. The van der Waals surface area contributed by atoms with Crippen LogP contribution in [0.5, 0.6) is 0 Å². The lowest BCUT2D eigenvalue weighted by atomic mass is 9.90. The molecule has 0 bridgehead atoms. The van der Waals surface area contributed by atoms with Gasteiger partial charge in [-0.05, 0) is 50.2 Å². The zero-order chi connectivity index (χ0) is 26.3. The van der Waals surface area contributed by atoms with E-state index in [1.807, 2.05) is 13.1 Å². The van der Waals surface area contributed by atoms with Crippen molar-refractivity contribution in [1.29, 1.82) is 0 Å². The third kappa shape index (κ3) is 11.5. The first-order valence-corrected chi connectivity index (χ1v) is 16.9. The predicted octanol–water partition coefficient (Wildman–Crippen LogP) is 5.69. The highest BCUT2D eigenvalue weighted by atomic mass is 28.4. The molecule has 8 heteroatoms. The summed E-state index contributed by atoms with van der Waals surface area (Å²) < 4.78 is 37.0. The van der Waals surface area contributed by atoms with Gasteiger partial charge in [0.15, 0.2) is 8.32 Å². The molecule has 35 heavy (non-hydrogen) atoms. The zero-order valence-corrected chi connectivity index (χ0v) is 25.0. The van der Waals surface area contributed by atoms with Gasteiger partial charge in [-0.25, -0.2) is 0 Å². The molecule has 1 saturated heterocycles. The molecule has 1 heterocycles. The first-order chi connectivity index (χ1) is 16.6. The fourth-order valence-corrected chi connectivity index (χ4v) is 4.85. The first-order valence-electron chi connectivity index (χ1n) is 13.9. The summed E-state index contributed by atoms with van der Waals surface area (Å²) in [5.41, 5.74) is 0. The molecule has 5 atom stereocenters. The van der Waals surface area contributed by atoms with Crippen molar-refractivity contribution in [3.63, 3.8) is 0 Å². The molecule has 1 rings (SSSR count). The molecule has 1 aliphatic heterocycles. The molecule has 0 aliphatic carbocycles. The van der Waals surface area contributed by atoms with Crippen molar-refractivity contribution in [1.82, 2.24) is 0 Å². The molecule has 0 saturated carbocycles. The van der Waals surface area contributed by atoms with Gasteiger partial charge in [-0.15, -0.1) is 0 Å². The Morgan fingerprint density at radius 2 is 1.29 bits per heavy atom. The van der Waals surface area contributed by atoms with Crippen LogP contribution >= 0.6 is 0 Å². The Labute approximate surface area is 216 Å². The molecule has 0 unspecified atom stereocenters. The predicted molar refractivity (Wildman–Crippen MR) is 143 cm³/mol. The average molecular weight is 521 g/mol. The van der Waals surface area contributed by atoms with E-state index < -0.39 is 8.32 Å². The Hall–Kier alpha value is -0.0631. The normalized spacial score (nSPS) is 25.8. The van der Waals surface area contributed by atoms with Crippen LogP contribution in [0.4, 0.5) is 0 Å². The minimum Gasteiger partial charge on any atom is -0.432 e. The van der Waals surface area contributed by atoms with Crippen LogP contribution in [0.3, 0.4) is 0 Å². The molecule has 0 aromatic carbocycles. The standard InChI is InChI=1S/C27H56O7Si/c1-9-12-17-31-24-22(15-16-27(4,5)35(7,8)28)34-23(20-30-21-29-6)25(32-18-13-10-2)26(24)33-19-14-11-3/h22-26,28H,9-21H2,1-8H3/t22-,23+,24-,25+,26+/m1/s1. The largest absolute Gasteiger partial charge is 0.432 e. The Balaban J connectivity index is 3.21. The van der Waals surface area contributed by atoms with Gasteiger partial charge in [0.1, 0.15) is 31.2 Å². The molecule has 0 amide bonds. The molecule has 0 aromatic rings. The molecule has 7 nitrogen and oxygen atoms in total. The summed E-state index contributed by atoms with van der Waals surface area (Å²) >= 11 is 0. The number of hydrogen-bond donors (Lipinski definition) is 1. The highest BCUT2D eigenvalue weighted by molar-refractivity contribution is 6.72. The summed E-state index contributed by atoms with van der Waals surface area (Å²) in [5.74, 6) is 0. The Morgan fingerprint density at radius 1 is 0.800 bits per heavy atom. The van der Waals surface area contributed by atoms with E-state index in [2.05, 4.69) is 34.6 Å². The van der Waals surface area contributed by atoms with E-state index in [0.717, 1.165) is 51.4 Å². The second-order valence-electron chi connectivity index (χ2n) is 11.0. The number of ether oxygens (including phenoxy) is 6. The third-order valence-corrected chi connectivity index (χ3v) is 10.9. The summed E-state index contributed by atoms with van der Waals surface area (Å²) in [4.78, 5) is 10.9. The Morgan fingerprint density at radius 3 is 1.74 bits per heavy atom. The zero-order valence-electron chi connectivity index (χ0n) is 24.0. The minimum absolute atomic E-state index is 0.139. The second-order valence-corrected chi connectivity index (χ2v) is 15.5. The smallest absolute Gasteiger partial charge is 0.188 e. The van der Waals surface area contributed by atoms with Gasteiger partial charge >= 0.3 is 0 Å². The highest BCUT2D eigenvalue weighted by Crippen LogP contribution is 2.42. The fraction of sp³-hybridized carbons (Fsp3) is 1.00. The Kier molecular flexibility index (Phi) is 16.4. The van der Waals surface area contributed by atoms with Crippen molar-refractivity contribution in [3.8, 4) is 0 Å². The molecule has 210 valence electrons. The quantitative estimate of drug-likeness (QED) is 0.126. The van der Waals surface area contributed by atoms with E-state index in [1.54, 1.807) is 7.11 Å². The molecule has 0 aromatic heterocycles. The van der Waals surface area contributed by atoms with Crippen LogP contribution in [0, 0.1) is 0 Å². The molecule has 0 spiro atoms. The summed E-state index contributed by atoms with van der Waals surface area (Å²) in [6.07, 6.45) is 6.68. The van der Waals surface area contributed by atoms with Crippen molar-refractivity contribution >= 4 is 8.32 Å². The molecule has 1 aliphatic rings. The summed E-state index contributed by atoms with van der Waals surface area (Å²) in [6.45, 7) is 17.4. The van der Waals surface area contributed by atoms with E-state index in [0.29, 0.717) is 26.4 Å². The van der Waals surface area contributed by atoms with E-state index in [4.69, 9.17) is 28.4 Å². The molecule has 1 fully saturated rings. The third-order valence-electron chi connectivity index (χ3n) is 7.35. The lowest BCUT2D eigenvalue weighted by molar-refractivity contribution is -0.270. The molecule has 0 radical (unpaired) electrons. The molecular formula is C27H56O7Si. The van der Waals surface area contributed by atoms with Crippen molar-refractivity contribution in [2.45, 2.75) is 135 Å². The van der Waals surface area contributed by atoms with Crippen molar-refractivity contribution in [3.05, 3.63) is 0 Å². The summed E-state index contributed by atoms with van der Waals surface area (Å²) in [5, 5.41) is -0.139. The van der Waals surface area contributed by atoms with Crippen LogP contribution in [0.25, 0.3) is 0 Å². The van der Waals surface area contributed by atoms with Crippen molar-refractivity contribution < 1.29 is 33.2 Å². The maximum absolute atomic E-state index is 10.9. The van der Waals surface area contributed by atoms with Gasteiger partial charge in [-0.1, -0.05) is 53.9 Å². The first kappa shape index (κ1) is 33.0. The maximum atomic E-state index is 10.9. The van der Waals surface area contributed by atoms with Crippen LogP contribution in [0.2, 0.25) is 18.1 Å². The fourth-order valence-electron chi connectivity index (χ4n) is 4.10. The van der Waals surface area contributed by atoms with Crippen LogP contribution in [0.15, 0.2) is 0 Å². The monoisotopic (exact) mass is 520 g/mol. The van der Waals surface area contributed by atoms with Gasteiger partial charge < -0.3 is 33.2 Å². The van der Waals surface area contributed by atoms with E-state index in [-0.39, 0.29) is 42.4 Å². The van der Waals surface area contributed by atoms with E-state index in [9.17, 15) is 4.80 Å². The lowest BCUT2D eigenvalue weighted by Gasteiger charge is -2.47. The number of methoxy groups -OCH3 is 1. The van der Waals surface area contributed by atoms with E-state index >= 15 is 0 Å². The number of unbranched alkanes of at least 4 members (excludes halogenated alkanes) is 3. The van der Waals surface area contributed by atoms with Crippen LogP contribution in [-0.4, -0.2) is 84.0 Å². The van der Waals surface area contributed by atoms with Gasteiger partial charge in [0, 0.05) is 26.9 Å². The van der Waals surface area contributed by atoms with Crippen LogP contribution in [0.1, 0.15) is 86.0 Å². The van der Waals surface area contributed by atoms with Gasteiger partial charge in [-0.2, -0.15) is 0 Å². The van der Waals surface area contributed by atoms with Gasteiger partial charge in [0.25, 0.3) is 0 Å². The van der Waals surface area contributed by atoms with Crippen molar-refractivity contribution in [2.24, 2.45) is 0 Å². The number of rotatable bonds is 20. The van der Waals surface area contributed by atoms with Crippen molar-refractivity contribution in [2.75, 3.05) is 40.3 Å². The van der Waals surface area contributed by atoms with Gasteiger partial charge in [0.05, 0.1) is 12.7 Å². The topological polar surface area (TPSA) is 75.6 Å². The van der Waals surface area contributed by atoms with Gasteiger partial charge in [-0.3, -0.25) is 0 Å². The minimum atomic E-state index is -2.34. The van der Waals surface area contributed by atoms with Crippen LogP contribution in [-0.2, 0) is 28.4 Å². The molecular weight excluding hydrogens is 464 g/mol. The number of hydrogen-bond acceptors (Lipinski definition) is 7. The Bertz CT molecular complexity index is 526. The van der Waals surface area contributed by atoms with Gasteiger partial charge in [0.2, 0.25) is 0 Å². The highest BCUT2D eigenvalue weighted by Gasteiger charge is 2.49. The average Bonchev–Trinajstić information content (AvgIpc) is 2.80.